The number of carbonyl (C=O) groups is 2. The second kappa shape index (κ2) is 6.09. The van der Waals surface area contributed by atoms with Gasteiger partial charge in [0.25, 0.3) is 0 Å². The van der Waals surface area contributed by atoms with Crippen LogP contribution >= 0.6 is 23.1 Å². The minimum atomic E-state index is -0.0569. The lowest BCUT2D eigenvalue weighted by atomic mass is 10.4. The summed E-state index contributed by atoms with van der Waals surface area (Å²) in [6, 6.07) is 4.56. The van der Waals surface area contributed by atoms with E-state index in [1.54, 1.807) is 23.1 Å². The normalized spacial score (nSPS) is 18.2. The fourth-order valence-corrected chi connectivity index (χ4v) is 4.35. The van der Waals surface area contributed by atoms with Gasteiger partial charge in [0.2, 0.25) is 11.8 Å². The first kappa shape index (κ1) is 14.9. The number of thioether (sulfide) groups is 1. The average Bonchev–Trinajstić information content (AvgIpc) is 2.96. The van der Waals surface area contributed by atoms with Gasteiger partial charge in [-0.1, -0.05) is 17.8 Å². The van der Waals surface area contributed by atoms with Gasteiger partial charge in [-0.05, 0) is 24.3 Å². The third kappa shape index (κ3) is 2.92. The van der Waals surface area contributed by atoms with Crippen LogP contribution in [0.15, 0.2) is 22.7 Å². The number of carbonyl (C=O) groups excluding carboxylic acids is 2. The van der Waals surface area contributed by atoms with Crippen LogP contribution in [0.1, 0.15) is 31.7 Å². The maximum Gasteiger partial charge on any atom is 0.229 e. The molecule has 2 aromatic heterocycles. The van der Waals surface area contributed by atoms with Crippen molar-refractivity contribution in [1.82, 2.24) is 19.7 Å². The van der Waals surface area contributed by atoms with Crippen LogP contribution in [0.2, 0.25) is 0 Å². The number of imide groups is 1. The summed E-state index contributed by atoms with van der Waals surface area (Å²) in [5.41, 5.74) is 0. The molecule has 0 bridgehead atoms. The fraction of sp³-hybridized carbons (Fsp3) is 0.467. The lowest BCUT2D eigenvalue weighted by Gasteiger charge is -2.13. The topological polar surface area (TPSA) is 68.1 Å². The highest BCUT2D eigenvalue weighted by atomic mass is 32.2. The molecule has 2 aromatic rings. The first-order chi connectivity index (χ1) is 11.2. The summed E-state index contributed by atoms with van der Waals surface area (Å²) in [6.07, 6.45) is 3.02. The first-order valence-corrected chi connectivity index (χ1v) is 9.55. The minimum Gasteiger partial charge on any atom is -0.298 e. The third-order valence-corrected chi connectivity index (χ3v) is 5.81. The molecule has 0 unspecified atom stereocenters. The number of amides is 2. The van der Waals surface area contributed by atoms with Crippen molar-refractivity contribution in [1.29, 1.82) is 0 Å². The van der Waals surface area contributed by atoms with Gasteiger partial charge in [0, 0.05) is 31.2 Å². The Kier molecular flexibility index (Phi) is 3.94. The Balaban J connectivity index is 1.47. The molecule has 2 aliphatic rings. The van der Waals surface area contributed by atoms with E-state index in [0.717, 1.165) is 28.7 Å². The highest BCUT2D eigenvalue weighted by molar-refractivity contribution is 7.99. The van der Waals surface area contributed by atoms with Crippen LogP contribution in [0.4, 0.5) is 0 Å². The maximum atomic E-state index is 11.6. The zero-order valence-corrected chi connectivity index (χ0v) is 14.1. The Morgan fingerprint density at radius 3 is 2.65 bits per heavy atom. The van der Waals surface area contributed by atoms with Crippen molar-refractivity contribution >= 4 is 34.9 Å². The Hall–Kier alpha value is -1.67. The molecule has 6 nitrogen and oxygen atoms in total. The van der Waals surface area contributed by atoms with Gasteiger partial charge in [-0.2, -0.15) is 0 Å². The molecule has 4 rings (SSSR count). The number of hydrogen-bond acceptors (Lipinski definition) is 6. The van der Waals surface area contributed by atoms with Crippen LogP contribution in [0.5, 0.6) is 0 Å². The Bertz CT molecular complexity index is 721. The number of nitrogens with zero attached hydrogens (tertiary/aromatic N) is 4. The van der Waals surface area contributed by atoms with E-state index in [9.17, 15) is 9.59 Å². The zero-order chi connectivity index (χ0) is 15.8. The van der Waals surface area contributed by atoms with Crippen LogP contribution in [-0.2, 0) is 9.59 Å². The van der Waals surface area contributed by atoms with Gasteiger partial charge in [-0.15, -0.1) is 21.5 Å². The molecule has 3 heterocycles. The van der Waals surface area contributed by atoms with Gasteiger partial charge in [-0.25, -0.2) is 0 Å². The minimum absolute atomic E-state index is 0.0569. The van der Waals surface area contributed by atoms with E-state index in [4.69, 9.17) is 0 Å². The zero-order valence-electron chi connectivity index (χ0n) is 12.5. The van der Waals surface area contributed by atoms with Crippen LogP contribution in [0, 0.1) is 0 Å². The summed E-state index contributed by atoms with van der Waals surface area (Å²) in [6.45, 7) is 0.453. The van der Waals surface area contributed by atoms with Gasteiger partial charge in [0.05, 0.1) is 4.88 Å². The molecule has 23 heavy (non-hydrogen) atoms. The summed E-state index contributed by atoms with van der Waals surface area (Å²) in [4.78, 5) is 25.8. The molecule has 0 radical (unpaired) electrons. The van der Waals surface area contributed by atoms with Gasteiger partial charge >= 0.3 is 0 Å². The molecule has 1 aliphatic carbocycles. The number of aromatic nitrogens is 3. The fourth-order valence-electron chi connectivity index (χ4n) is 2.71. The highest BCUT2D eigenvalue weighted by Crippen LogP contribution is 2.41. The summed E-state index contributed by atoms with van der Waals surface area (Å²) < 4.78 is 2.21. The Labute approximate surface area is 141 Å². The molecule has 0 spiro atoms. The van der Waals surface area contributed by atoms with E-state index < -0.39 is 0 Å². The van der Waals surface area contributed by atoms with Crippen molar-refractivity contribution in [2.75, 3.05) is 12.3 Å². The Morgan fingerprint density at radius 2 is 2.00 bits per heavy atom. The SMILES string of the molecule is O=C1CCC(=O)N1CCSc1nnc(-c2cccs2)n1C1CC1. The van der Waals surface area contributed by atoms with Gasteiger partial charge in [0.1, 0.15) is 0 Å². The molecule has 0 aromatic carbocycles. The summed E-state index contributed by atoms with van der Waals surface area (Å²) in [7, 11) is 0. The van der Waals surface area contributed by atoms with E-state index in [2.05, 4.69) is 20.8 Å². The maximum absolute atomic E-state index is 11.6. The largest absolute Gasteiger partial charge is 0.298 e. The number of likely N-dealkylation sites (tertiary alicyclic amines) is 1. The first-order valence-electron chi connectivity index (χ1n) is 7.69. The average molecular weight is 348 g/mol. The number of rotatable bonds is 6. The van der Waals surface area contributed by atoms with Crippen LogP contribution < -0.4 is 0 Å². The van der Waals surface area contributed by atoms with E-state index >= 15 is 0 Å². The van der Waals surface area contributed by atoms with Crippen molar-refractivity contribution in [2.24, 2.45) is 0 Å². The quantitative estimate of drug-likeness (QED) is 0.593. The van der Waals surface area contributed by atoms with E-state index in [0.29, 0.717) is 31.2 Å². The molecule has 0 atom stereocenters. The molecule has 1 saturated carbocycles. The van der Waals surface area contributed by atoms with Crippen LogP contribution in [0.3, 0.4) is 0 Å². The monoisotopic (exact) mass is 348 g/mol. The van der Waals surface area contributed by atoms with E-state index in [1.165, 1.54) is 4.90 Å². The van der Waals surface area contributed by atoms with Gasteiger partial charge < -0.3 is 0 Å². The standard InChI is InChI=1S/C15H16N4O2S2/c20-12-5-6-13(21)18(12)7-9-23-15-17-16-14(11-2-1-8-22-11)19(15)10-3-4-10/h1-2,8,10H,3-7,9H2. The van der Waals surface area contributed by atoms with Crippen molar-refractivity contribution < 1.29 is 9.59 Å². The molecule has 0 N–H and O–H groups in total. The molecule has 1 saturated heterocycles. The molecule has 120 valence electrons. The number of hydrogen-bond donors (Lipinski definition) is 0. The van der Waals surface area contributed by atoms with E-state index in [-0.39, 0.29) is 11.8 Å². The van der Waals surface area contributed by atoms with Crippen molar-refractivity contribution in [3.8, 4) is 10.7 Å². The van der Waals surface area contributed by atoms with Crippen molar-refractivity contribution in [3.63, 3.8) is 0 Å². The van der Waals surface area contributed by atoms with Crippen LogP contribution in [0.25, 0.3) is 10.7 Å². The predicted molar refractivity (Wildman–Crippen MR) is 88.3 cm³/mol. The highest BCUT2D eigenvalue weighted by Gasteiger charge is 2.31. The molecule has 8 heteroatoms. The number of thiophene rings is 1. The van der Waals surface area contributed by atoms with Crippen LogP contribution in [-0.4, -0.2) is 43.8 Å². The molecule has 1 aliphatic heterocycles. The Morgan fingerprint density at radius 1 is 1.22 bits per heavy atom. The second-order valence-electron chi connectivity index (χ2n) is 5.67. The predicted octanol–water partition coefficient (Wildman–Crippen LogP) is 2.58. The van der Waals surface area contributed by atoms with Crippen molar-refractivity contribution in [3.05, 3.63) is 17.5 Å². The summed E-state index contributed by atoms with van der Waals surface area (Å²) >= 11 is 3.24. The molecule has 2 amide bonds. The lowest BCUT2D eigenvalue weighted by molar-refractivity contribution is -0.137. The molecular weight excluding hydrogens is 332 g/mol. The summed E-state index contributed by atoms with van der Waals surface area (Å²) in [5, 5.41) is 11.6. The lowest BCUT2D eigenvalue weighted by Crippen LogP contribution is -2.31. The van der Waals surface area contributed by atoms with Crippen molar-refractivity contribution in [2.45, 2.75) is 36.9 Å². The molecular formula is C15H16N4O2S2. The second-order valence-corrected chi connectivity index (χ2v) is 7.68. The smallest absolute Gasteiger partial charge is 0.229 e. The molecule has 2 fully saturated rings. The van der Waals surface area contributed by atoms with Gasteiger partial charge in [0.15, 0.2) is 11.0 Å². The van der Waals surface area contributed by atoms with E-state index in [1.807, 2.05) is 11.4 Å². The summed E-state index contributed by atoms with van der Waals surface area (Å²) in [5.74, 6) is 1.47. The third-order valence-electron chi connectivity index (χ3n) is 4.02. The van der Waals surface area contributed by atoms with Gasteiger partial charge in [-0.3, -0.25) is 19.1 Å².